The van der Waals surface area contributed by atoms with E-state index in [4.69, 9.17) is 9.15 Å². The number of carbonyl (C=O) groups excluding carboxylic acids is 1. The summed E-state index contributed by atoms with van der Waals surface area (Å²) in [6, 6.07) is 12.7. The minimum Gasteiger partial charge on any atom is -0.492 e. The van der Waals surface area contributed by atoms with Crippen molar-refractivity contribution in [1.82, 2.24) is 14.8 Å². The van der Waals surface area contributed by atoms with Crippen LogP contribution in [0.25, 0.3) is 16.9 Å². The molecule has 4 rings (SSSR count). The normalized spacial score (nSPS) is 11.0. The number of nitrogens with zero attached hydrogens (tertiary/aromatic N) is 3. The van der Waals surface area contributed by atoms with Gasteiger partial charge in [0.25, 0.3) is 0 Å². The van der Waals surface area contributed by atoms with Crippen LogP contribution >= 0.6 is 0 Å². The molecule has 3 aromatic heterocycles. The molecule has 0 aliphatic carbocycles. The molecule has 0 bridgehead atoms. The van der Waals surface area contributed by atoms with Gasteiger partial charge in [-0.2, -0.15) is 9.78 Å². The largest absolute Gasteiger partial charge is 0.492 e. The molecule has 26 heavy (non-hydrogen) atoms. The Hall–Kier alpha value is -3.41. The second-order valence-corrected chi connectivity index (χ2v) is 5.78. The van der Waals surface area contributed by atoms with Crippen LogP contribution in [0.1, 0.15) is 28.5 Å². The maximum atomic E-state index is 13.0. The number of aromatic nitrogens is 3. The predicted molar refractivity (Wildman–Crippen MR) is 96.9 cm³/mol. The smallest absolute Gasteiger partial charge is 0.221 e. The van der Waals surface area contributed by atoms with Crippen LogP contribution in [0.15, 0.2) is 59.3 Å². The summed E-state index contributed by atoms with van der Waals surface area (Å²) in [5.74, 6) is 0.926. The van der Waals surface area contributed by atoms with Crippen molar-refractivity contribution >= 4 is 16.8 Å². The molecule has 6 nitrogen and oxygen atoms in total. The lowest BCUT2D eigenvalue weighted by atomic mass is 10.0. The molecular weight excluding hydrogens is 330 g/mol. The van der Waals surface area contributed by atoms with E-state index in [1.807, 2.05) is 32.0 Å². The molecule has 130 valence electrons. The molecule has 0 aliphatic heterocycles. The Morgan fingerprint density at radius 2 is 2.00 bits per heavy atom. The molecule has 0 amide bonds. The summed E-state index contributed by atoms with van der Waals surface area (Å²) in [6.45, 7) is 4.18. The van der Waals surface area contributed by atoms with Crippen LogP contribution in [0.3, 0.4) is 0 Å². The molecule has 0 N–H and O–H groups in total. The lowest BCUT2D eigenvalue weighted by Gasteiger charge is -2.11. The highest BCUT2D eigenvalue weighted by Crippen LogP contribution is 2.33. The molecular formula is C20H17N3O3. The van der Waals surface area contributed by atoms with E-state index in [1.54, 1.807) is 41.4 Å². The third kappa shape index (κ3) is 2.56. The van der Waals surface area contributed by atoms with Gasteiger partial charge in [-0.25, -0.2) is 4.98 Å². The Bertz CT molecular complexity index is 1070. The number of hydrogen-bond acceptors (Lipinski definition) is 5. The van der Waals surface area contributed by atoms with E-state index in [0.717, 1.165) is 5.69 Å². The number of hydrogen-bond donors (Lipinski definition) is 0. The van der Waals surface area contributed by atoms with Gasteiger partial charge in [0.2, 0.25) is 5.88 Å². The summed E-state index contributed by atoms with van der Waals surface area (Å²) in [6.07, 6.45) is 3.12. The monoisotopic (exact) mass is 347 g/mol. The molecule has 1 aromatic carbocycles. The molecule has 4 aromatic rings. The highest BCUT2D eigenvalue weighted by atomic mass is 16.5. The Labute approximate surface area is 150 Å². The third-order valence-electron chi connectivity index (χ3n) is 4.11. The number of pyridine rings is 1. The van der Waals surface area contributed by atoms with Crippen molar-refractivity contribution in [3.8, 4) is 11.6 Å². The van der Waals surface area contributed by atoms with Crippen LogP contribution in [0.4, 0.5) is 0 Å². The van der Waals surface area contributed by atoms with E-state index < -0.39 is 0 Å². The van der Waals surface area contributed by atoms with Crippen molar-refractivity contribution in [2.24, 2.45) is 0 Å². The molecule has 0 saturated heterocycles. The van der Waals surface area contributed by atoms with E-state index in [1.165, 1.54) is 0 Å². The molecule has 0 fully saturated rings. The van der Waals surface area contributed by atoms with Gasteiger partial charge in [-0.1, -0.05) is 30.3 Å². The highest BCUT2D eigenvalue weighted by Gasteiger charge is 2.23. The van der Waals surface area contributed by atoms with Gasteiger partial charge in [-0.3, -0.25) is 4.79 Å². The van der Waals surface area contributed by atoms with Gasteiger partial charge in [0.1, 0.15) is 5.75 Å². The molecule has 0 radical (unpaired) electrons. The van der Waals surface area contributed by atoms with Crippen LogP contribution in [0.2, 0.25) is 0 Å². The second kappa shape index (κ2) is 6.48. The highest BCUT2D eigenvalue weighted by molar-refractivity contribution is 6.13. The lowest BCUT2D eigenvalue weighted by Crippen LogP contribution is -2.07. The van der Waals surface area contributed by atoms with Gasteiger partial charge in [0.15, 0.2) is 11.4 Å². The average molecular weight is 347 g/mol. The zero-order valence-corrected chi connectivity index (χ0v) is 14.5. The van der Waals surface area contributed by atoms with Gasteiger partial charge in [0, 0.05) is 17.8 Å². The van der Waals surface area contributed by atoms with E-state index in [-0.39, 0.29) is 5.78 Å². The standard InChI is InChI=1S/C20H17N3O3/c1-3-25-19-15(18(24)14-8-5-4-6-9-14)12-21-20-17(19)13(2)22-23(20)16-10-7-11-26-16/h4-12H,3H2,1-2H3. The maximum Gasteiger partial charge on any atom is 0.221 e. The minimum atomic E-state index is -0.131. The Morgan fingerprint density at radius 1 is 1.19 bits per heavy atom. The first-order chi connectivity index (χ1) is 12.7. The number of fused-ring (bicyclic) bond motifs is 1. The molecule has 0 atom stereocenters. The first kappa shape index (κ1) is 16.1. The number of rotatable bonds is 5. The summed E-state index contributed by atoms with van der Waals surface area (Å²) >= 11 is 0. The number of benzene rings is 1. The van der Waals surface area contributed by atoms with Crippen molar-refractivity contribution in [1.29, 1.82) is 0 Å². The topological polar surface area (TPSA) is 70.2 Å². The number of ketones is 1. The third-order valence-corrected chi connectivity index (χ3v) is 4.11. The Morgan fingerprint density at radius 3 is 2.69 bits per heavy atom. The molecule has 0 saturated carbocycles. The van der Waals surface area contributed by atoms with Crippen molar-refractivity contribution < 1.29 is 13.9 Å². The van der Waals surface area contributed by atoms with Crippen molar-refractivity contribution in [3.05, 3.63) is 71.7 Å². The van der Waals surface area contributed by atoms with Gasteiger partial charge >= 0.3 is 0 Å². The SMILES string of the molecule is CCOc1c(C(=O)c2ccccc2)cnc2c1c(C)nn2-c1ccco1. The minimum absolute atomic E-state index is 0.131. The number of aryl methyl sites for hydroxylation is 1. The molecule has 6 heteroatoms. The first-order valence-corrected chi connectivity index (χ1v) is 8.35. The van der Waals surface area contributed by atoms with E-state index in [2.05, 4.69) is 10.1 Å². The lowest BCUT2D eigenvalue weighted by molar-refractivity contribution is 0.103. The Kier molecular flexibility index (Phi) is 4.01. The summed E-state index contributed by atoms with van der Waals surface area (Å²) in [7, 11) is 0. The van der Waals surface area contributed by atoms with Gasteiger partial charge in [0.05, 0.1) is 29.5 Å². The zero-order chi connectivity index (χ0) is 18.1. The number of ether oxygens (including phenoxy) is 1. The fourth-order valence-electron chi connectivity index (χ4n) is 2.96. The van der Waals surface area contributed by atoms with Crippen LogP contribution in [-0.4, -0.2) is 27.2 Å². The maximum absolute atomic E-state index is 13.0. The fraction of sp³-hybridized carbons (Fsp3) is 0.150. The Balaban J connectivity index is 1.94. The van der Waals surface area contributed by atoms with Crippen LogP contribution in [0.5, 0.6) is 5.75 Å². The summed E-state index contributed by atoms with van der Waals surface area (Å²) in [5.41, 5.74) is 2.32. The van der Waals surface area contributed by atoms with Crippen molar-refractivity contribution in [3.63, 3.8) is 0 Å². The van der Waals surface area contributed by atoms with Gasteiger partial charge in [-0.15, -0.1) is 0 Å². The zero-order valence-electron chi connectivity index (χ0n) is 14.5. The molecule has 0 unspecified atom stereocenters. The molecule has 0 aliphatic rings. The average Bonchev–Trinajstić information content (AvgIpc) is 3.30. The predicted octanol–water partition coefficient (Wildman–Crippen LogP) is 3.95. The number of furan rings is 1. The van der Waals surface area contributed by atoms with E-state index in [0.29, 0.717) is 40.4 Å². The fourth-order valence-corrected chi connectivity index (χ4v) is 2.96. The quantitative estimate of drug-likeness (QED) is 0.511. The van der Waals surface area contributed by atoms with Gasteiger partial charge < -0.3 is 9.15 Å². The van der Waals surface area contributed by atoms with Gasteiger partial charge in [-0.05, 0) is 19.9 Å². The molecule has 3 heterocycles. The van der Waals surface area contributed by atoms with E-state index >= 15 is 0 Å². The van der Waals surface area contributed by atoms with Crippen LogP contribution in [0, 0.1) is 6.92 Å². The summed E-state index contributed by atoms with van der Waals surface area (Å²) in [4.78, 5) is 17.5. The second-order valence-electron chi connectivity index (χ2n) is 5.78. The summed E-state index contributed by atoms with van der Waals surface area (Å²) in [5, 5.41) is 5.23. The van der Waals surface area contributed by atoms with Crippen molar-refractivity contribution in [2.75, 3.05) is 6.61 Å². The summed E-state index contributed by atoms with van der Waals surface area (Å²) < 4.78 is 12.9. The van der Waals surface area contributed by atoms with Crippen LogP contribution < -0.4 is 4.74 Å². The number of carbonyl (C=O) groups is 1. The van der Waals surface area contributed by atoms with E-state index in [9.17, 15) is 4.79 Å². The van der Waals surface area contributed by atoms with Crippen molar-refractivity contribution in [2.45, 2.75) is 13.8 Å². The molecule has 0 spiro atoms. The first-order valence-electron chi connectivity index (χ1n) is 8.35. The van der Waals surface area contributed by atoms with Crippen LogP contribution in [-0.2, 0) is 0 Å².